The van der Waals surface area contributed by atoms with Crippen molar-refractivity contribution >= 4 is 60.3 Å². The van der Waals surface area contributed by atoms with Gasteiger partial charge in [-0.15, -0.1) is 0 Å². The van der Waals surface area contributed by atoms with Crippen molar-refractivity contribution in [3.63, 3.8) is 0 Å². The largest absolute Gasteiger partial charge is 0.445 e. The van der Waals surface area contributed by atoms with Crippen molar-refractivity contribution in [3.05, 3.63) is 24.5 Å². The highest BCUT2D eigenvalue weighted by atomic mass is 127. The first-order valence-corrected chi connectivity index (χ1v) is 8.98. The first kappa shape index (κ1) is 16.2. The van der Waals surface area contributed by atoms with E-state index >= 15 is 0 Å². The van der Waals surface area contributed by atoms with Crippen LogP contribution >= 0.6 is 54.5 Å². The minimum Gasteiger partial charge on any atom is -0.445 e. The summed E-state index contributed by atoms with van der Waals surface area (Å²) >= 11 is 9.05. The number of halogens is 3. The number of anilines is 1. The molecule has 0 bridgehead atoms. The standard InChI is InChI=1S/C13H14Br2IN3O/c1-3-5-8-10(16)13(17-4-2)19-12(18-8)9-6-7(14)11(15)20-9/h6H,3-5H2,1-2H3,(H,17,18,19). The summed E-state index contributed by atoms with van der Waals surface area (Å²) in [7, 11) is 0. The Morgan fingerprint density at radius 3 is 2.60 bits per heavy atom. The number of nitrogens with one attached hydrogen (secondary N) is 1. The van der Waals surface area contributed by atoms with Crippen molar-refractivity contribution in [1.29, 1.82) is 0 Å². The zero-order chi connectivity index (χ0) is 14.7. The van der Waals surface area contributed by atoms with Gasteiger partial charge >= 0.3 is 0 Å². The topological polar surface area (TPSA) is 51.0 Å². The van der Waals surface area contributed by atoms with Gasteiger partial charge in [-0.3, -0.25) is 0 Å². The van der Waals surface area contributed by atoms with Crippen molar-refractivity contribution in [3.8, 4) is 11.6 Å². The fraction of sp³-hybridized carbons (Fsp3) is 0.385. The van der Waals surface area contributed by atoms with Crippen molar-refractivity contribution in [1.82, 2.24) is 9.97 Å². The van der Waals surface area contributed by atoms with E-state index < -0.39 is 0 Å². The van der Waals surface area contributed by atoms with Crippen LogP contribution in [-0.4, -0.2) is 16.5 Å². The lowest BCUT2D eigenvalue weighted by Crippen LogP contribution is -2.07. The molecule has 0 saturated carbocycles. The molecule has 108 valence electrons. The Hall–Kier alpha value is -0.150. The summed E-state index contributed by atoms with van der Waals surface area (Å²) in [6.45, 7) is 5.02. The zero-order valence-corrected chi connectivity index (χ0v) is 16.5. The normalized spacial score (nSPS) is 10.8. The molecule has 2 aromatic heterocycles. The van der Waals surface area contributed by atoms with Gasteiger partial charge in [-0.25, -0.2) is 9.97 Å². The van der Waals surface area contributed by atoms with Crippen molar-refractivity contribution < 1.29 is 4.42 Å². The molecule has 0 atom stereocenters. The number of hydrogen-bond donors (Lipinski definition) is 1. The smallest absolute Gasteiger partial charge is 0.198 e. The third-order valence-electron chi connectivity index (χ3n) is 2.62. The highest BCUT2D eigenvalue weighted by Crippen LogP contribution is 2.32. The lowest BCUT2D eigenvalue weighted by molar-refractivity contribution is 0.549. The zero-order valence-electron chi connectivity index (χ0n) is 11.1. The molecule has 4 nitrogen and oxygen atoms in total. The Bertz CT molecular complexity index is 569. The second-order valence-electron chi connectivity index (χ2n) is 4.17. The molecule has 2 rings (SSSR count). The maximum absolute atomic E-state index is 5.62. The molecule has 0 radical (unpaired) electrons. The van der Waals surface area contributed by atoms with Gasteiger partial charge in [-0.05, 0) is 67.8 Å². The van der Waals surface area contributed by atoms with E-state index in [9.17, 15) is 0 Å². The van der Waals surface area contributed by atoms with E-state index in [0.29, 0.717) is 16.3 Å². The van der Waals surface area contributed by atoms with Gasteiger partial charge in [-0.2, -0.15) is 0 Å². The molecule has 0 aliphatic heterocycles. The van der Waals surface area contributed by atoms with Gasteiger partial charge in [-0.1, -0.05) is 13.3 Å². The summed E-state index contributed by atoms with van der Waals surface area (Å²) in [5.41, 5.74) is 1.05. The lowest BCUT2D eigenvalue weighted by atomic mass is 10.2. The van der Waals surface area contributed by atoms with E-state index in [0.717, 1.165) is 38.9 Å². The highest BCUT2D eigenvalue weighted by Gasteiger charge is 2.16. The molecule has 0 saturated heterocycles. The second kappa shape index (κ2) is 7.22. The predicted octanol–water partition coefficient (Wildman–Crippen LogP) is 5.25. The van der Waals surface area contributed by atoms with Gasteiger partial charge in [0.25, 0.3) is 0 Å². The van der Waals surface area contributed by atoms with E-state index in [-0.39, 0.29) is 0 Å². The monoisotopic (exact) mass is 513 g/mol. The maximum atomic E-state index is 5.62. The molecule has 0 aliphatic rings. The van der Waals surface area contributed by atoms with Gasteiger partial charge in [0.1, 0.15) is 5.82 Å². The number of aromatic nitrogens is 2. The van der Waals surface area contributed by atoms with E-state index in [2.05, 4.69) is 83.6 Å². The van der Waals surface area contributed by atoms with Crippen LogP contribution in [0.15, 0.2) is 19.6 Å². The van der Waals surface area contributed by atoms with E-state index in [4.69, 9.17) is 4.42 Å². The number of aryl methyl sites for hydroxylation is 1. The van der Waals surface area contributed by atoms with Gasteiger partial charge in [0.05, 0.1) is 13.7 Å². The predicted molar refractivity (Wildman–Crippen MR) is 96.0 cm³/mol. The van der Waals surface area contributed by atoms with Crippen LogP contribution in [0, 0.1) is 3.57 Å². The van der Waals surface area contributed by atoms with Gasteiger partial charge in [0.2, 0.25) is 0 Å². The Morgan fingerprint density at radius 1 is 1.30 bits per heavy atom. The molecule has 0 unspecified atom stereocenters. The van der Waals surface area contributed by atoms with Crippen LogP contribution in [-0.2, 0) is 6.42 Å². The van der Waals surface area contributed by atoms with Gasteiger partial charge in [0.15, 0.2) is 16.3 Å². The molecule has 2 heterocycles. The second-order valence-corrected chi connectivity index (χ2v) is 6.82. The highest BCUT2D eigenvalue weighted by molar-refractivity contribution is 14.1. The molecule has 0 aliphatic carbocycles. The molecule has 2 aromatic rings. The summed E-state index contributed by atoms with van der Waals surface area (Å²) in [6, 6.07) is 1.87. The Kier molecular flexibility index (Phi) is 5.85. The van der Waals surface area contributed by atoms with E-state index in [1.54, 1.807) is 0 Å². The van der Waals surface area contributed by atoms with Gasteiger partial charge < -0.3 is 9.73 Å². The van der Waals surface area contributed by atoms with Crippen LogP contribution in [0.1, 0.15) is 26.0 Å². The Balaban J connectivity index is 2.52. The van der Waals surface area contributed by atoms with Crippen LogP contribution < -0.4 is 5.32 Å². The molecule has 0 spiro atoms. The molecular weight excluding hydrogens is 501 g/mol. The summed E-state index contributed by atoms with van der Waals surface area (Å²) in [5.74, 6) is 2.12. The molecule has 20 heavy (non-hydrogen) atoms. The number of nitrogens with zero attached hydrogens (tertiary/aromatic N) is 2. The van der Waals surface area contributed by atoms with E-state index in [1.807, 2.05) is 6.07 Å². The van der Waals surface area contributed by atoms with E-state index in [1.165, 1.54) is 0 Å². The SMILES string of the molecule is CCCc1nc(-c2cc(Br)c(Br)o2)nc(NCC)c1I. The van der Waals surface area contributed by atoms with Crippen LogP contribution in [0.2, 0.25) is 0 Å². The first-order valence-electron chi connectivity index (χ1n) is 6.32. The van der Waals surface area contributed by atoms with Gasteiger partial charge in [0, 0.05) is 12.6 Å². The number of hydrogen-bond acceptors (Lipinski definition) is 4. The third-order valence-corrected chi connectivity index (χ3v) is 5.46. The number of furan rings is 1. The van der Waals surface area contributed by atoms with Crippen LogP contribution in [0.3, 0.4) is 0 Å². The summed E-state index contributed by atoms with van der Waals surface area (Å²) in [5, 5.41) is 3.28. The average Bonchev–Trinajstić information content (AvgIpc) is 2.75. The van der Waals surface area contributed by atoms with Crippen LogP contribution in [0.5, 0.6) is 0 Å². The minimum absolute atomic E-state index is 0.608. The maximum Gasteiger partial charge on any atom is 0.198 e. The Morgan fingerprint density at radius 2 is 2.05 bits per heavy atom. The van der Waals surface area contributed by atoms with Crippen molar-refractivity contribution in [2.45, 2.75) is 26.7 Å². The fourth-order valence-corrected chi connectivity index (χ4v) is 3.03. The minimum atomic E-state index is 0.608. The van der Waals surface area contributed by atoms with Crippen LogP contribution in [0.4, 0.5) is 5.82 Å². The summed E-state index contributed by atoms with van der Waals surface area (Å²) in [6.07, 6.45) is 1.97. The van der Waals surface area contributed by atoms with Crippen molar-refractivity contribution in [2.75, 3.05) is 11.9 Å². The quantitative estimate of drug-likeness (QED) is 0.554. The first-order chi connectivity index (χ1) is 9.56. The lowest BCUT2D eigenvalue weighted by Gasteiger charge is -2.10. The van der Waals surface area contributed by atoms with Crippen molar-refractivity contribution in [2.24, 2.45) is 0 Å². The summed E-state index contributed by atoms with van der Waals surface area (Å²) in [4.78, 5) is 9.20. The molecule has 0 fully saturated rings. The molecule has 7 heteroatoms. The Labute approximate surface area is 148 Å². The summed E-state index contributed by atoms with van der Waals surface area (Å²) < 4.78 is 8.21. The molecule has 1 N–H and O–H groups in total. The third kappa shape index (κ3) is 3.54. The number of rotatable bonds is 5. The van der Waals surface area contributed by atoms with Crippen LogP contribution in [0.25, 0.3) is 11.6 Å². The fourth-order valence-electron chi connectivity index (χ4n) is 1.75. The molecule has 0 aromatic carbocycles. The molecule has 0 amide bonds. The molecular formula is C13H14Br2IN3O. The average molecular weight is 515 g/mol.